The largest absolute Gasteiger partial charge is 0.376 e. The van der Waals surface area contributed by atoms with Crippen LogP contribution in [0.5, 0.6) is 0 Å². The molecule has 3 rings (SSSR count). The molecule has 2 aromatic rings. The van der Waals surface area contributed by atoms with Crippen LogP contribution in [0.15, 0.2) is 23.2 Å². The molecule has 0 unspecified atom stereocenters. The third kappa shape index (κ3) is 4.33. The Kier molecular flexibility index (Phi) is 5.47. The quantitative estimate of drug-likeness (QED) is 0.801. The second-order valence-electron chi connectivity index (χ2n) is 5.80. The van der Waals surface area contributed by atoms with Gasteiger partial charge in [-0.05, 0) is 44.9 Å². The lowest BCUT2D eigenvalue weighted by Crippen LogP contribution is -2.32. The fourth-order valence-corrected chi connectivity index (χ4v) is 3.23. The summed E-state index contributed by atoms with van der Waals surface area (Å²) < 4.78 is 7.24. The van der Waals surface area contributed by atoms with Gasteiger partial charge in [0, 0.05) is 18.8 Å². The van der Waals surface area contributed by atoms with Gasteiger partial charge in [0.1, 0.15) is 5.03 Å². The summed E-state index contributed by atoms with van der Waals surface area (Å²) in [6, 6.07) is 5.71. The van der Waals surface area contributed by atoms with E-state index in [2.05, 4.69) is 20.6 Å². The van der Waals surface area contributed by atoms with Gasteiger partial charge in [0.05, 0.1) is 17.6 Å². The Hall–Kier alpha value is -1.93. The van der Waals surface area contributed by atoms with Crippen LogP contribution >= 0.6 is 11.8 Å². The van der Waals surface area contributed by atoms with Gasteiger partial charge >= 0.3 is 0 Å². The summed E-state index contributed by atoms with van der Waals surface area (Å²) in [5, 5.41) is 16.3. The van der Waals surface area contributed by atoms with Crippen LogP contribution in [0.4, 0.5) is 0 Å². The summed E-state index contributed by atoms with van der Waals surface area (Å²) in [7, 11) is 0. The summed E-state index contributed by atoms with van der Waals surface area (Å²) in [4.78, 5) is 11.9. The lowest BCUT2D eigenvalue weighted by molar-refractivity contribution is -0.119. The Labute approximate surface area is 145 Å². The Balaban J connectivity index is 1.49. The van der Waals surface area contributed by atoms with Crippen LogP contribution in [0.3, 0.4) is 0 Å². The number of ether oxygens (including phenoxy) is 1. The normalized spacial score (nSPS) is 17.2. The van der Waals surface area contributed by atoms with E-state index in [0.29, 0.717) is 23.1 Å². The summed E-state index contributed by atoms with van der Waals surface area (Å²) in [6.45, 7) is 5.30. The molecule has 1 aliphatic heterocycles. The molecule has 1 fully saturated rings. The minimum atomic E-state index is -0.0140. The predicted octanol–water partition coefficient (Wildman–Crippen LogP) is 1.67. The van der Waals surface area contributed by atoms with Gasteiger partial charge in [-0.1, -0.05) is 11.8 Å². The zero-order chi connectivity index (χ0) is 16.9. The zero-order valence-corrected chi connectivity index (χ0v) is 14.7. The van der Waals surface area contributed by atoms with E-state index in [-0.39, 0.29) is 12.0 Å². The lowest BCUT2D eigenvalue weighted by atomic mass is 10.2. The molecule has 1 amide bonds. The Bertz CT molecular complexity index is 695. The molecule has 0 saturated carbocycles. The highest BCUT2D eigenvalue weighted by molar-refractivity contribution is 7.99. The molecule has 0 radical (unpaired) electrons. The summed E-state index contributed by atoms with van der Waals surface area (Å²) in [5.41, 5.74) is 1.95. The highest BCUT2D eigenvalue weighted by atomic mass is 32.2. The molecule has 1 atom stereocenters. The van der Waals surface area contributed by atoms with Crippen LogP contribution < -0.4 is 5.32 Å². The van der Waals surface area contributed by atoms with E-state index in [0.717, 1.165) is 30.8 Å². The number of thioether (sulfide) groups is 1. The number of rotatable bonds is 6. The van der Waals surface area contributed by atoms with Gasteiger partial charge < -0.3 is 10.1 Å². The van der Waals surface area contributed by atoms with Gasteiger partial charge in [-0.25, -0.2) is 4.68 Å². The number of hydrogen-bond donors (Lipinski definition) is 1. The monoisotopic (exact) mass is 347 g/mol. The summed E-state index contributed by atoms with van der Waals surface area (Å²) in [5.74, 6) is 0.980. The molecule has 3 heterocycles. The van der Waals surface area contributed by atoms with Crippen LogP contribution in [-0.4, -0.2) is 50.9 Å². The van der Waals surface area contributed by atoms with Crippen LogP contribution in [0, 0.1) is 13.8 Å². The average molecular weight is 347 g/mol. The van der Waals surface area contributed by atoms with Crippen molar-refractivity contribution in [1.29, 1.82) is 0 Å². The third-order valence-electron chi connectivity index (χ3n) is 3.75. The van der Waals surface area contributed by atoms with Crippen LogP contribution in [0.2, 0.25) is 0 Å². The van der Waals surface area contributed by atoms with Gasteiger partial charge in [-0.15, -0.1) is 10.2 Å². The van der Waals surface area contributed by atoms with E-state index in [9.17, 15) is 4.79 Å². The highest BCUT2D eigenvalue weighted by Crippen LogP contribution is 2.16. The second-order valence-corrected chi connectivity index (χ2v) is 6.79. The van der Waals surface area contributed by atoms with E-state index in [1.807, 2.05) is 32.0 Å². The van der Waals surface area contributed by atoms with Crippen LogP contribution in [0.1, 0.15) is 24.2 Å². The van der Waals surface area contributed by atoms with E-state index in [1.54, 1.807) is 4.68 Å². The van der Waals surface area contributed by atoms with E-state index < -0.39 is 0 Å². The minimum absolute atomic E-state index is 0.0140. The molecular formula is C16H21N5O2S. The fraction of sp³-hybridized carbons (Fsp3) is 0.500. The molecule has 2 aromatic heterocycles. The van der Waals surface area contributed by atoms with Crippen molar-refractivity contribution >= 4 is 17.7 Å². The SMILES string of the molecule is Cc1cc(C)n(-c2ccc(SCC(=O)NC[C@H]3CCCO3)nn2)n1. The lowest BCUT2D eigenvalue weighted by Gasteiger charge is -2.10. The van der Waals surface area contributed by atoms with Crippen molar-refractivity contribution in [2.75, 3.05) is 18.9 Å². The van der Waals surface area contributed by atoms with Crippen molar-refractivity contribution in [3.8, 4) is 5.82 Å². The Morgan fingerprint density at radius 1 is 1.42 bits per heavy atom. The molecule has 128 valence electrons. The first-order valence-corrected chi connectivity index (χ1v) is 8.99. The Morgan fingerprint density at radius 2 is 2.29 bits per heavy atom. The molecule has 1 saturated heterocycles. The van der Waals surface area contributed by atoms with Gasteiger partial charge in [0.2, 0.25) is 5.91 Å². The number of carbonyl (C=O) groups is 1. The molecule has 1 N–H and O–H groups in total. The first-order chi connectivity index (χ1) is 11.6. The molecule has 0 aromatic carbocycles. The number of carbonyl (C=O) groups excluding carboxylic acids is 1. The number of nitrogens with one attached hydrogen (secondary N) is 1. The predicted molar refractivity (Wildman–Crippen MR) is 91.3 cm³/mol. The van der Waals surface area contributed by atoms with Crippen LogP contribution in [-0.2, 0) is 9.53 Å². The molecule has 0 spiro atoms. The van der Waals surface area contributed by atoms with Crippen molar-refractivity contribution in [3.05, 3.63) is 29.6 Å². The standard InChI is InChI=1S/C16H21N5O2S/c1-11-8-12(2)21(20-11)14-5-6-16(19-18-14)24-10-15(22)17-9-13-4-3-7-23-13/h5-6,8,13H,3-4,7,9-10H2,1-2H3,(H,17,22)/t13-/m1/s1. The van der Waals surface area contributed by atoms with Gasteiger partial charge in [0.25, 0.3) is 0 Å². The van der Waals surface area contributed by atoms with Crippen molar-refractivity contribution in [3.63, 3.8) is 0 Å². The van der Waals surface area contributed by atoms with Crippen molar-refractivity contribution in [2.24, 2.45) is 0 Å². The molecule has 24 heavy (non-hydrogen) atoms. The number of aryl methyl sites for hydroxylation is 2. The second kappa shape index (κ2) is 7.76. The smallest absolute Gasteiger partial charge is 0.230 e. The van der Waals surface area contributed by atoms with Crippen LogP contribution in [0.25, 0.3) is 5.82 Å². The minimum Gasteiger partial charge on any atom is -0.376 e. The maximum atomic E-state index is 11.9. The van der Waals surface area contributed by atoms with Crippen molar-refractivity contribution < 1.29 is 9.53 Å². The fourth-order valence-electron chi connectivity index (χ4n) is 2.59. The first kappa shape index (κ1) is 16.9. The maximum absolute atomic E-state index is 11.9. The summed E-state index contributed by atoms with van der Waals surface area (Å²) in [6.07, 6.45) is 2.26. The van der Waals surface area contributed by atoms with Gasteiger partial charge in [0.15, 0.2) is 5.82 Å². The number of amides is 1. The zero-order valence-electron chi connectivity index (χ0n) is 13.9. The van der Waals surface area contributed by atoms with E-state index >= 15 is 0 Å². The topological polar surface area (TPSA) is 81.9 Å². The van der Waals surface area contributed by atoms with Crippen molar-refractivity contribution in [2.45, 2.75) is 37.8 Å². The molecule has 0 aliphatic carbocycles. The van der Waals surface area contributed by atoms with E-state index in [4.69, 9.17) is 4.74 Å². The maximum Gasteiger partial charge on any atom is 0.230 e. The Morgan fingerprint density at radius 3 is 2.92 bits per heavy atom. The van der Waals surface area contributed by atoms with E-state index in [1.165, 1.54) is 11.8 Å². The molecule has 7 nitrogen and oxygen atoms in total. The molecular weight excluding hydrogens is 326 g/mol. The summed E-state index contributed by atoms with van der Waals surface area (Å²) >= 11 is 1.37. The number of hydrogen-bond acceptors (Lipinski definition) is 6. The highest BCUT2D eigenvalue weighted by Gasteiger charge is 2.16. The van der Waals surface area contributed by atoms with Gasteiger partial charge in [-0.3, -0.25) is 4.79 Å². The van der Waals surface area contributed by atoms with Crippen molar-refractivity contribution in [1.82, 2.24) is 25.3 Å². The molecule has 1 aliphatic rings. The molecule has 0 bridgehead atoms. The number of aromatic nitrogens is 4. The first-order valence-electron chi connectivity index (χ1n) is 8.00. The third-order valence-corrected chi connectivity index (χ3v) is 4.67. The van der Waals surface area contributed by atoms with Gasteiger partial charge in [-0.2, -0.15) is 5.10 Å². The number of nitrogens with zero attached hydrogens (tertiary/aromatic N) is 4. The average Bonchev–Trinajstić information content (AvgIpc) is 3.21. The molecule has 8 heteroatoms.